The largest absolute Gasteiger partial charge is 0.337 e. The van der Waals surface area contributed by atoms with E-state index in [0.717, 1.165) is 19.3 Å². The van der Waals surface area contributed by atoms with E-state index in [1.165, 1.54) is 12.1 Å². The van der Waals surface area contributed by atoms with Crippen LogP contribution in [0.25, 0.3) is 11.4 Å². The first kappa shape index (κ1) is 11.8. The first-order valence-corrected chi connectivity index (χ1v) is 5.96. The van der Waals surface area contributed by atoms with E-state index in [1.807, 2.05) is 0 Å². The molecular formula is C12H12N4O3. The van der Waals surface area contributed by atoms with E-state index < -0.39 is 10.5 Å². The summed E-state index contributed by atoms with van der Waals surface area (Å²) in [5, 5.41) is 14.4. The SMILES string of the molecule is NC1(c2nc(-c3ccc([N+](=O)[O-])cc3)no2)CCC1. The van der Waals surface area contributed by atoms with Crippen molar-refractivity contribution in [3.8, 4) is 11.4 Å². The Morgan fingerprint density at radius 2 is 2.00 bits per heavy atom. The standard InChI is InChI=1S/C12H12N4O3/c13-12(6-1-7-12)11-14-10(15-19-11)8-2-4-9(5-3-8)16(17)18/h2-5H,1,6-7,13H2. The minimum Gasteiger partial charge on any atom is -0.337 e. The van der Waals surface area contributed by atoms with E-state index in [0.29, 0.717) is 17.3 Å². The Morgan fingerprint density at radius 3 is 2.53 bits per heavy atom. The molecule has 0 radical (unpaired) electrons. The summed E-state index contributed by atoms with van der Waals surface area (Å²) in [4.78, 5) is 14.4. The molecule has 98 valence electrons. The minimum absolute atomic E-state index is 0.0294. The van der Waals surface area contributed by atoms with E-state index in [4.69, 9.17) is 10.3 Å². The lowest BCUT2D eigenvalue weighted by Gasteiger charge is -2.33. The maximum Gasteiger partial charge on any atom is 0.269 e. The monoisotopic (exact) mass is 260 g/mol. The van der Waals surface area contributed by atoms with Gasteiger partial charge in [0.1, 0.15) is 0 Å². The third-order valence-corrected chi connectivity index (χ3v) is 3.43. The van der Waals surface area contributed by atoms with Crippen LogP contribution in [0.5, 0.6) is 0 Å². The van der Waals surface area contributed by atoms with Crippen LogP contribution in [0.3, 0.4) is 0 Å². The highest BCUT2D eigenvalue weighted by molar-refractivity contribution is 5.56. The van der Waals surface area contributed by atoms with Crippen molar-refractivity contribution in [2.45, 2.75) is 24.8 Å². The van der Waals surface area contributed by atoms with Gasteiger partial charge in [0, 0.05) is 17.7 Å². The predicted molar refractivity (Wildman–Crippen MR) is 66.1 cm³/mol. The molecule has 0 aliphatic heterocycles. The molecule has 1 heterocycles. The highest BCUT2D eigenvalue weighted by Crippen LogP contribution is 2.38. The van der Waals surface area contributed by atoms with Crippen LogP contribution in [0.2, 0.25) is 0 Å². The van der Waals surface area contributed by atoms with Gasteiger partial charge >= 0.3 is 0 Å². The molecule has 7 nitrogen and oxygen atoms in total. The Kier molecular flexibility index (Phi) is 2.56. The number of non-ortho nitro benzene ring substituents is 1. The van der Waals surface area contributed by atoms with Gasteiger partial charge < -0.3 is 10.3 Å². The van der Waals surface area contributed by atoms with Crippen molar-refractivity contribution in [2.24, 2.45) is 5.73 Å². The van der Waals surface area contributed by atoms with Crippen LogP contribution in [-0.4, -0.2) is 15.1 Å². The molecule has 0 amide bonds. The van der Waals surface area contributed by atoms with Gasteiger partial charge in [0.15, 0.2) is 0 Å². The molecule has 3 rings (SSSR count). The molecule has 1 aliphatic rings. The van der Waals surface area contributed by atoms with E-state index in [9.17, 15) is 10.1 Å². The Hall–Kier alpha value is -2.28. The highest BCUT2D eigenvalue weighted by atomic mass is 16.6. The van der Waals surface area contributed by atoms with Gasteiger partial charge in [-0.05, 0) is 31.4 Å². The summed E-state index contributed by atoms with van der Waals surface area (Å²) in [6.07, 6.45) is 2.75. The van der Waals surface area contributed by atoms with Gasteiger partial charge in [0.25, 0.3) is 5.69 Å². The van der Waals surface area contributed by atoms with Gasteiger partial charge in [-0.2, -0.15) is 4.98 Å². The van der Waals surface area contributed by atoms with Crippen molar-refractivity contribution in [3.63, 3.8) is 0 Å². The molecule has 0 atom stereocenters. The molecule has 7 heteroatoms. The number of hydrogen-bond acceptors (Lipinski definition) is 6. The number of aromatic nitrogens is 2. The third kappa shape index (κ3) is 1.97. The zero-order chi connectivity index (χ0) is 13.5. The normalized spacial score (nSPS) is 16.9. The average molecular weight is 260 g/mol. The molecule has 1 fully saturated rings. The molecule has 0 saturated heterocycles. The molecule has 0 bridgehead atoms. The van der Waals surface area contributed by atoms with Gasteiger partial charge in [0.2, 0.25) is 11.7 Å². The molecule has 1 aromatic carbocycles. The van der Waals surface area contributed by atoms with Crippen LogP contribution < -0.4 is 5.73 Å². The van der Waals surface area contributed by atoms with E-state index in [1.54, 1.807) is 12.1 Å². The topological polar surface area (TPSA) is 108 Å². The van der Waals surface area contributed by atoms with Crippen molar-refractivity contribution in [2.75, 3.05) is 0 Å². The van der Waals surface area contributed by atoms with Crippen molar-refractivity contribution >= 4 is 5.69 Å². The summed E-state index contributed by atoms with van der Waals surface area (Å²) in [6.45, 7) is 0. The van der Waals surface area contributed by atoms with Gasteiger partial charge in [-0.25, -0.2) is 0 Å². The second kappa shape index (κ2) is 4.13. The van der Waals surface area contributed by atoms with Crippen LogP contribution in [0.1, 0.15) is 25.2 Å². The Labute approximate surface area is 108 Å². The van der Waals surface area contributed by atoms with Crippen molar-refractivity contribution in [3.05, 3.63) is 40.3 Å². The summed E-state index contributed by atoms with van der Waals surface area (Å²) < 4.78 is 5.18. The lowest BCUT2D eigenvalue weighted by molar-refractivity contribution is -0.384. The van der Waals surface area contributed by atoms with Crippen LogP contribution >= 0.6 is 0 Å². The van der Waals surface area contributed by atoms with E-state index in [2.05, 4.69) is 10.1 Å². The Bertz CT molecular complexity index is 616. The zero-order valence-corrected chi connectivity index (χ0v) is 10.1. The molecule has 0 spiro atoms. The predicted octanol–water partition coefficient (Wildman–Crippen LogP) is 1.98. The second-order valence-corrected chi connectivity index (χ2v) is 4.74. The Balaban J connectivity index is 1.88. The molecule has 2 aromatic rings. The maximum absolute atomic E-state index is 10.6. The Morgan fingerprint density at radius 1 is 1.32 bits per heavy atom. The molecule has 19 heavy (non-hydrogen) atoms. The zero-order valence-electron chi connectivity index (χ0n) is 10.1. The molecule has 1 aromatic heterocycles. The van der Waals surface area contributed by atoms with Gasteiger partial charge in [-0.1, -0.05) is 5.16 Å². The van der Waals surface area contributed by atoms with Crippen LogP contribution in [-0.2, 0) is 5.54 Å². The second-order valence-electron chi connectivity index (χ2n) is 4.74. The van der Waals surface area contributed by atoms with E-state index >= 15 is 0 Å². The number of nitro groups is 1. The summed E-state index contributed by atoms with van der Waals surface area (Å²) in [7, 11) is 0. The quantitative estimate of drug-likeness (QED) is 0.667. The smallest absolute Gasteiger partial charge is 0.269 e. The summed E-state index contributed by atoms with van der Waals surface area (Å²) >= 11 is 0. The molecule has 0 unspecified atom stereocenters. The van der Waals surface area contributed by atoms with Crippen LogP contribution in [0.15, 0.2) is 28.8 Å². The van der Waals surface area contributed by atoms with Crippen LogP contribution in [0, 0.1) is 10.1 Å². The summed E-state index contributed by atoms with van der Waals surface area (Å²) in [6, 6.07) is 6.01. The van der Waals surface area contributed by atoms with Crippen molar-refractivity contribution in [1.82, 2.24) is 10.1 Å². The fourth-order valence-electron chi connectivity index (χ4n) is 2.05. The average Bonchev–Trinajstić information content (AvgIpc) is 2.86. The molecule has 1 saturated carbocycles. The fraction of sp³-hybridized carbons (Fsp3) is 0.333. The van der Waals surface area contributed by atoms with E-state index in [-0.39, 0.29) is 5.69 Å². The molecular weight excluding hydrogens is 248 g/mol. The minimum atomic E-state index is -0.494. The van der Waals surface area contributed by atoms with Crippen molar-refractivity contribution < 1.29 is 9.45 Å². The molecule has 2 N–H and O–H groups in total. The van der Waals surface area contributed by atoms with Gasteiger partial charge in [0.05, 0.1) is 10.5 Å². The first-order chi connectivity index (χ1) is 9.08. The summed E-state index contributed by atoms with van der Waals surface area (Å²) in [5.74, 6) is 0.841. The first-order valence-electron chi connectivity index (χ1n) is 5.96. The molecule has 1 aliphatic carbocycles. The number of benzene rings is 1. The number of nitrogens with zero attached hydrogens (tertiary/aromatic N) is 3. The van der Waals surface area contributed by atoms with Crippen LogP contribution in [0.4, 0.5) is 5.69 Å². The highest BCUT2D eigenvalue weighted by Gasteiger charge is 2.39. The number of rotatable bonds is 3. The third-order valence-electron chi connectivity index (χ3n) is 3.43. The number of nitro benzene ring substituents is 1. The van der Waals surface area contributed by atoms with Gasteiger partial charge in [-0.15, -0.1) is 0 Å². The van der Waals surface area contributed by atoms with Gasteiger partial charge in [-0.3, -0.25) is 10.1 Å². The van der Waals surface area contributed by atoms with Crippen molar-refractivity contribution in [1.29, 1.82) is 0 Å². The number of hydrogen-bond donors (Lipinski definition) is 1. The summed E-state index contributed by atoms with van der Waals surface area (Å²) in [5.41, 5.74) is 6.30. The fourth-order valence-corrected chi connectivity index (χ4v) is 2.05. The lowest BCUT2D eigenvalue weighted by atomic mass is 9.78. The lowest BCUT2D eigenvalue weighted by Crippen LogP contribution is -2.43. The number of nitrogens with two attached hydrogens (primary N) is 1. The maximum atomic E-state index is 10.6.